The van der Waals surface area contributed by atoms with Crippen LogP contribution in [0.5, 0.6) is 0 Å². The van der Waals surface area contributed by atoms with Crippen molar-refractivity contribution in [1.82, 2.24) is 15.0 Å². The van der Waals surface area contributed by atoms with Crippen LogP contribution in [0, 0.1) is 0 Å². The Hall–Kier alpha value is -7.43. The highest BCUT2D eigenvalue weighted by molar-refractivity contribution is 6.09. The summed E-state index contributed by atoms with van der Waals surface area (Å²) in [4.78, 5) is 14.9. The Morgan fingerprint density at radius 1 is 0.526 bits per heavy atom. The van der Waals surface area contributed by atoms with Gasteiger partial charge in [0, 0.05) is 27.5 Å². The van der Waals surface area contributed by atoms with E-state index in [4.69, 9.17) is 19.4 Å². The van der Waals surface area contributed by atoms with Crippen LogP contribution in [0.1, 0.15) is 35.0 Å². The molecule has 9 aromatic rings. The van der Waals surface area contributed by atoms with E-state index in [1.165, 1.54) is 50.1 Å². The Morgan fingerprint density at radius 3 is 1.74 bits per heavy atom. The number of nitrogens with zero attached hydrogens (tertiary/aromatic N) is 3. The fourth-order valence-corrected chi connectivity index (χ4v) is 9.33. The molecule has 0 unspecified atom stereocenters. The number of aromatic nitrogens is 3. The van der Waals surface area contributed by atoms with Crippen LogP contribution in [-0.2, 0) is 5.41 Å². The quantitative estimate of drug-likeness (QED) is 0.160. The second-order valence-corrected chi connectivity index (χ2v) is 14.7. The lowest BCUT2D eigenvalue weighted by Gasteiger charge is -2.30. The van der Waals surface area contributed by atoms with Gasteiger partial charge in [-0.15, -0.1) is 0 Å². The maximum atomic E-state index is 6.47. The van der Waals surface area contributed by atoms with Crippen molar-refractivity contribution in [2.45, 2.75) is 12.3 Å². The highest BCUT2D eigenvalue weighted by atomic mass is 16.3. The maximum absolute atomic E-state index is 6.47. The molecule has 11 rings (SSSR count). The minimum Gasteiger partial charge on any atom is -0.456 e. The van der Waals surface area contributed by atoms with Crippen LogP contribution in [0.2, 0.25) is 0 Å². The molecule has 1 spiro atoms. The van der Waals surface area contributed by atoms with E-state index in [1.807, 2.05) is 67.6 Å². The van der Waals surface area contributed by atoms with Crippen molar-refractivity contribution < 1.29 is 4.42 Å². The van der Waals surface area contributed by atoms with Gasteiger partial charge >= 0.3 is 0 Å². The monoisotopic (exact) mass is 729 g/mol. The van der Waals surface area contributed by atoms with E-state index in [0.29, 0.717) is 17.5 Å². The molecule has 0 radical (unpaired) electrons. The van der Waals surface area contributed by atoms with Crippen molar-refractivity contribution in [2.24, 2.45) is 0 Å². The Kier molecular flexibility index (Phi) is 7.42. The summed E-state index contributed by atoms with van der Waals surface area (Å²) in [5.41, 5.74) is 16.7. The van der Waals surface area contributed by atoms with E-state index in [1.54, 1.807) is 6.08 Å². The van der Waals surface area contributed by atoms with E-state index >= 15 is 0 Å². The fourth-order valence-electron chi connectivity index (χ4n) is 9.33. The zero-order valence-electron chi connectivity index (χ0n) is 31.3. The van der Waals surface area contributed by atoms with Gasteiger partial charge in [-0.05, 0) is 92.9 Å². The van der Waals surface area contributed by atoms with Gasteiger partial charge in [0.15, 0.2) is 17.5 Å². The van der Waals surface area contributed by atoms with Crippen LogP contribution >= 0.6 is 0 Å². The van der Waals surface area contributed by atoms with Crippen molar-refractivity contribution in [3.63, 3.8) is 0 Å². The second-order valence-electron chi connectivity index (χ2n) is 14.7. The molecule has 0 fully saturated rings. The zero-order valence-corrected chi connectivity index (χ0v) is 31.3. The summed E-state index contributed by atoms with van der Waals surface area (Å²) in [6.07, 6.45) is 7.66. The van der Waals surface area contributed by atoms with Gasteiger partial charge in [0.25, 0.3) is 0 Å². The molecule has 2 aliphatic carbocycles. The van der Waals surface area contributed by atoms with Crippen LogP contribution < -0.4 is 0 Å². The van der Waals surface area contributed by atoms with Gasteiger partial charge < -0.3 is 4.42 Å². The molecular weight excluding hydrogens is 695 g/mol. The molecule has 0 aliphatic heterocycles. The minimum absolute atomic E-state index is 0.397. The Morgan fingerprint density at radius 2 is 1.07 bits per heavy atom. The van der Waals surface area contributed by atoms with Gasteiger partial charge in [0.2, 0.25) is 0 Å². The van der Waals surface area contributed by atoms with Crippen molar-refractivity contribution in [1.29, 1.82) is 0 Å². The van der Waals surface area contributed by atoms with Gasteiger partial charge in [-0.2, -0.15) is 0 Å². The SMILES string of the molecule is C=C/C=C(\C=C/C)c1nc(-c2ccccc2)nc(-c2ccc3oc4ccc(-c5cccc6c5-c5ccccc5C65c6ccccc6-c6ccccc65)cc4c3c2)n1. The molecule has 2 aromatic heterocycles. The molecule has 0 N–H and O–H groups in total. The second kappa shape index (κ2) is 12.8. The first kappa shape index (κ1) is 33.0. The van der Waals surface area contributed by atoms with Gasteiger partial charge in [0.05, 0.1) is 5.41 Å². The number of hydrogen-bond donors (Lipinski definition) is 0. The lowest BCUT2D eigenvalue weighted by Crippen LogP contribution is -2.25. The number of rotatable bonds is 6. The Bertz CT molecular complexity index is 3120. The van der Waals surface area contributed by atoms with Gasteiger partial charge in [-0.25, -0.2) is 15.0 Å². The largest absolute Gasteiger partial charge is 0.456 e. The molecule has 0 saturated carbocycles. The summed E-state index contributed by atoms with van der Waals surface area (Å²) in [5, 5.41) is 2.05. The van der Waals surface area contributed by atoms with Crippen LogP contribution in [0.3, 0.4) is 0 Å². The van der Waals surface area contributed by atoms with Crippen molar-refractivity contribution in [3.05, 3.63) is 217 Å². The highest BCUT2D eigenvalue weighted by Crippen LogP contribution is 2.64. The molecule has 0 bridgehead atoms. The summed E-state index contributed by atoms with van der Waals surface area (Å²) in [6.45, 7) is 5.91. The summed E-state index contributed by atoms with van der Waals surface area (Å²) in [5.74, 6) is 1.78. The molecule has 0 atom stereocenters. The molecule has 4 heteroatoms. The van der Waals surface area contributed by atoms with E-state index in [-0.39, 0.29) is 0 Å². The van der Waals surface area contributed by atoms with E-state index in [9.17, 15) is 0 Å². The third kappa shape index (κ3) is 4.84. The molecule has 57 heavy (non-hydrogen) atoms. The van der Waals surface area contributed by atoms with Crippen LogP contribution in [0.4, 0.5) is 0 Å². The normalized spacial score (nSPS) is 13.6. The number of furan rings is 1. The molecular formula is C53H35N3O. The topological polar surface area (TPSA) is 51.8 Å². The number of benzene rings is 7. The smallest absolute Gasteiger partial charge is 0.164 e. The van der Waals surface area contributed by atoms with Crippen LogP contribution in [-0.4, -0.2) is 15.0 Å². The van der Waals surface area contributed by atoms with Crippen LogP contribution in [0.25, 0.3) is 83.7 Å². The first-order valence-electron chi connectivity index (χ1n) is 19.3. The lowest BCUT2D eigenvalue weighted by molar-refractivity contribution is 0.669. The number of hydrogen-bond acceptors (Lipinski definition) is 4. The summed E-state index contributed by atoms with van der Waals surface area (Å²) in [7, 11) is 0. The predicted molar refractivity (Wildman–Crippen MR) is 233 cm³/mol. The Balaban J connectivity index is 1.10. The number of fused-ring (bicyclic) bond motifs is 13. The first-order chi connectivity index (χ1) is 28.2. The molecule has 4 nitrogen and oxygen atoms in total. The van der Waals surface area contributed by atoms with E-state index in [2.05, 4.69) is 122 Å². The summed E-state index contributed by atoms with van der Waals surface area (Å²) < 4.78 is 6.47. The molecule has 0 amide bonds. The zero-order chi connectivity index (χ0) is 38.1. The fraction of sp³-hybridized carbons (Fsp3) is 0.0377. The first-order valence-corrected chi connectivity index (χ1v) is 19.3. The average molecular weight is 730 g/mol. The van der Waals surface area contributed by atoms with Gasteiger partial charge in [-0.3, -0.25) is 0 Å². The summed E-state index contributed by atoms with van der Waals surface area (Å²) in [6, 6.07) is 56.6. The van der Waals surface area contributed by atoms with Crippen molar-refractivity contribution in [3.8, 4) is 56.2 Å². The molecule has 2 heterocycles. The highest BCUT2D eigenvalue weighted by Gasteiger charge is 2.51. The van der Waals surface area contributed by atoms with Crippen LogP contribution in [0.15, 0.2) is 193 Å². The summed E-state index contributed by atoms with van der Waals surface area (Å²) >= 11 is 0. The van der Waals surface area contributed by atoms with Crippen molar-refractivity contribution >= 4 is 27.5 Å². The third-order valence-electron chi connectivity index (χ3n) is 11.6. The molecule has 268 valence electrons. The Labute approximate surface area is 330 Å². The third-order valence-corrected chi connectivity index (χ3v) is 11.6. The standard InChI is InChI=1S/C53H35N3O/c1-3-15-33(16-4-2)50-54-51(34-17-6-5-7-18-34)56-52(55-50)36-28-30-48-42(32-36)41-31-35(27-29-47(41)57-48)37-22-14-26-46-49(37)40-21-10-13-25-45(40)53(46)43-23-11-8-19-38(43)39-20-9-12-24-44(39)53/h3-32H,1H2,2H3/b16-4-,33-15+. The lowest BCUT2D eigenvalue weighted by atomic mass is 9.70. The van der Waals surface area contributed by atoms with E-state index in [0.717, 1.165) is 44.2 Å². The molecule has 7 aromatic carbocycles. The van der Waals surface area contributed by atoms with Crippen molar-refractivity contribution in [2.75, 3.05) is 0 Å². The van der Waals surface area contributed by atoms with E-state index < -0.39 is 5.41 Å². The van der Waals surface area contributed by atoms with Gasteiger partial charge in [-0.1, -0.05) is 158 Å². The molecule has 2 aliphatic rings. The number of allylic oxidation sites excluding steroid dienone is 5. The predicted octanol–water partition coefficient (Wildman–Crippen LogP) is 13.3. The minimum atomic E-state index is -0.397. The van der Waals surface area contributed by atoms with Gasteiger partial charge in [0.1, 0.15) is 11.2 Å². The molecule has 0 saturated heterocycles. The average Bonchev–Trinajstić information content (AvgIpc) is 3.90. The maximum Gasteiger partial charge on any atom is 0.164 e.